The second-order valence-corrected chi connectivity index (χ2v) is 7.84. The zero-order valence-electron chi connectivity index (χ0n) is 15.8. The Morgan fingerprint density at radius 1 is 1.00 bits per heavy atom. The Hall–Kier alpha value is -2.11. The molecule has 2 fully saturated rings. The van der Waals surface area contributed by atoms with E-state index in [9.17, 15) is 9.90 Å². The van der Waals surface area contributed by atoms with Crippen molar-refractivity contribution in [3.8, 4) is 5.75 Å². The van der Waals surface area contributed by atoms with E-state index < -0.39 is 5.63 Å². The third-order valence-electron chi connectivity index (χ3n) is 5.91. The highest BCUT2D eigenvalue weighted by Crippen LogP contribution is 2.30. The van der Waals surface area contributed by atoms with Crippen molar-refractivity contribution in [1.29, 1.82) is 0 Å². The van der Waals surface area contributed by atoms with Crippen molar-refractivity contribution in [1.82, 2.24) is 9.80 Å². The summed E-state index contributed by atoms with van der Waals surface area (Å²) in [6.07, 6.45) is 6.17. The van der Waals surface area contributed by atoms with Crippen LogP contribution in [0.3, 0.4) is 0 Å². The zero-order chi connectivity index (χ0) is 18.6. The van der Waals surface area contributed by atoms with Gasteiger partial charge >= 0.3 is 5.63 Å². The van der Waals surface area contributed by atoms with Gasteiger partial charge in [-0.05, 0) is 50.4 Å². The van der Waals surface area contributed by atoms with E-state index in [2.05, 4.69) is 34.1 Å². The fraction of sp³-hybridized carbons (Fsp3) is 0.500. The number of piperidine rings is 1. The smallest absolute Gasteiger partial charge is 0.343 e. The molecular weight excluding hydrogens is 340 g/mol. The quantitative estimate of drug-likeness (QED) is 0.877. The molecule has 4 rings (SSSR count). The molecule has 144 valence electrons. The predicted molar refractivity (Wildman–Crippen MR) is 105 cm³/mol. The molecule has 0 amide bonds. The molecule has 1 N–H and O–H groups in total. The van der Waals surface area contributed by atoms with Crippen LogP contribution in [0.2, 0.25) is 0 Å². The lowest BCUT2D eigenvalue weighted by Gasteiger charge is -2.26. The van der Waals surface area contributed by atoms with Crippen molar-refractivity contribution >= 4 is 0 Å². The summed E-state index contributed by atoms with van der Waals surface area (Å²) in [5, 5.41) is 10.7. The lowest BCUT2D eigenvalue weighted by molar-refractivity contribution is 0.215. The first kappa shape index (κ1) is 18.3. The largest absolute Gasteiger partial charge is 0.507 e. The second-order valence-electron chi connectivity index (χ2n) is 7.84. The van der Waals surface area contributed by atoms with Crippen molar-refractivity contribution < 1.29 is 9.52 Å². The number of likely N-dealkylation sites (tertiary alicyclic amines) is 2. The van der Waals surface area contributed by atoms with Crippen LogP contribution >= 0.6 is 0 Å². The average molecular weight is 368 g/mol. The standard InChI is InChI=1S/C22H28N2O3/c25-21-19(14-23-10-5-2-6-11-23)16-27-22(26)20(21)15-24-12-9-18(13-24)17-7-3-1-4-8-17/h1,3-4,7-8,16,18,25H,2,5-6,9-15H2. The van der Waals surface area contributed by atoms with Crippen LogP contribution in [0.5, 0.6) is 5.75 Å². The summed E-state index contributed by atoms with van der Waals surface area (Å²) in [6, 6.07) is 10.5. The number of nitrogens with zero attached hydrogens (tertiary/aromatic N) is 2. The third-order valence-corrected chi connectivity index (χ3v) is 5.91. The van der Waals surface area contributed by atoms with Crippen molar-refractivity contribution in [2.75, 3.05) is 26.2 Å². The van der Waals surface area contributed by atoms with Crippen LogP contribution < -0.4 is 5.63 Å². The molecule has 2 aliphatic heterocycles. The van der Waals surface area contributed by atoms with Gasteiger partial charge in [-0.2, -0.15) is 0 Å². The molecule has 1 unspecified atom stereocenters. The van der Waals surface area contributed by atoms with E-state index in [1.165, 1.54) is 31.1 Å². The van der Waals surface area contributed by atoms with Crippen molar-refractivity contribution in [2.45, 2.75) is 44.7 Å². The number of hydrogen-bond donors (Lipinski definition) is 1. The highest BCUT2D eigenvalue weighted by Gasteiger charge is 2.26. The Morgan fingerprint density at radius 3 is 2.56 bits per heavy atom. The monoisotopic (exact) mass is 368 g/mol. The molecule has 2 aromatic rings. The van der Waals surface area contributed by atoms with Crippen LogP contribution in [-0.4, -0.2) is 41.1 Å². The van der Waals surface area contributed by atoms with Gasteiger partial charge in [0.2, 0.25) is 0 Å². The molecule has 2 aliphatic rings. The number of benzene rings is 1. The number of hydrogen-bond acceptors (Lipinski definition) is 5. The molecule has 0 bridgehead atoms. The van der Waals surface area contributed by atoms with Gasteiger partial charge in [-0.25, -0.2) is 4.79 Å². The lowest BCUT2D eigenvalue weighted by atomic mass is 9.99. The lowest BCUT2D eigenvalue weighted by Crippen LogP contribution is -2.30. The first-order chi connectivity index (χ1) is 13.2. The SMILES string of the molecule is O=c1occ(CN2CCCCC2)c(O)c1CN1CCC(c2ccccc2)C1. The van der Waals surface area contributed by atoms with Crippen LogP contribution in [0.15, 0.2) is 45.8 Å². The Balaban J connectivity index is 1.45. The van der Waals surface area contributed by atoms with E-state index in [1.807, 2.05) is 6.07 Å². The molecule has 5 heteroatoms. The van der Waals surface area contributed by atoms with Crippen LogP contribution in [0.25, 0.3) is 0 Å². The maximum atomic E-state index is 12.3. The Morgan fingerprint density at radius 2 is 1.78 bits per heavy atom. The molecule has 0 spiro atoms. The van der Waals surface area contributed by atoms with Gasteiger partial charge in [0, 0.05) is 25.2 Å². The van der Waals surface area contributed by atoms with Crippen LogP contribution in [0, 0.1) is 0 Å². The van der Waals surface area contributed by atoms with Gasteiger partial charge in [0.1, 0.15) is 12.0 Å². The van der Waals surface area contributed by atoms with Gasteiger partial charge in [0.25, 0.3) is 0 Å². The number of aromatic hydroxyl groups is 1. The topological polar surface area (TPSA) is 56.9 Å². The van der Waals surface area contributed by atoms with Crippen molar-refractivity contribution in [2.24, 2.45) is 0 Å². The van der Waals surface area contributed by atoms with E-state index in [0.717, 1.165) is 38.2 Å². The first-order valence-corrected chi connectivity index (χ1v) is 10.0. The summed E-state index contributed by atoms with van der Waals surface area (Å²) in [4.78, 5) is 16.8. The van der Waals surface area contributed by atoms with E-state index in [-0.39, 0.29) is 5.75 Å². The van der Waals surface area contributed by atoms with E-state index in [1.54, 1.807) is 0 Å². The summed E-state index contributed by atoms with van der Waals surface area (Å²) < 4.78 is 5.26. The predicted octanol–water partition coefficient (Wildman–Crippen LogP) is 3.32. The Kier molecular flexibility index (Phi) is 5.60. The second kappa shape index (κ2) is 8.28. The van der Waals surface area contributed by atoms with Crippen LogP contribution in [-0.2, 0) is 13.1 Å². The Bertz CT molecular complexity index is 812. The third kappa shape index (κ3) is 4.25. The van der Waals surface area contributed by atoms with Crippen molar-refractivity contribution in [3.63, 3.8) is 0 Å². The van der Waals surface area contributed by atoms with Gasteiger partial charge in [-0.15, -0.1) is 0 Å². The molecular formula is C22H28N2O3. The highest BCUT2D eigenvalue weighted by molar-refractivity contribution is 5.36. The van der Waals surface area contributed by atoms with Gasteiger partial charge < -0.3 is 9.52 Å². The highest BCUT2D eigenvalue weighted by atomic mass is 16.4. The molecule has 27 heavy (non-hydrogen) atoms. The maximum Gasteiger partial charge on any atom is 0.343 e. The van der Waals surface area contributed by atoms with E-state index in [0.29, 0.717) is 24.6 Å². The number of rotatable bonds is 5. The summed E-state index contributed by atoms with van der Waals surface area (Å²) >= 11 is 0. The minimum atomic E-state index is -0.418. The van der Waals surface area contributed by atoms with E-state index in [4.69, 9.17) is 4.42 Å². The van der Waals surface area contributed by atoms with Crippen LogP contribution in [0.4, 0.5) is 0 Å². The molecule has 0 saturated carbocycles. The van der Waals surface area contributed by atoms with Crippen molar-refractivity contribution in [3.05, 3.63) is 63.7 Å². The summed E-state index contributed by atoms with van der Waals surface area (Å²) in [6.45, 7) is 5.01. The molecule has 3 heterocycles. The van der Waals surface area contributed by atoms with Gasteiger partial charge in [0.05, 0.1) is 5.56 Å². The molecule has 1 atom stereocenters. The Labute approximate surface area is 160 Å². The first-order valence-electron chi connectivity index (χ1n) is 10.0. The van der Waals surface area contributed by atoms with E-state index >= 15 is 0 Å². The van der Waals surface area contributed by atoms with Gasteiger partial charge in [-0.3, -0.25) is 9.80 Å². The minimum Gasteiger partial charge on any atom is -0.507 e. The summed E-state index contributed by atoms with van der Waals surface area (Å²) in [5.74, 6) is 0.608. The van der Waals surface area contributed by atoms with Crippen LogP contribution in [0.1, 0.15) is 48.3 Å². The average Bonchev–Trinajstić information content (AvgIpc) is 3.18. The molecule has 2 saturated heterocycles. The zero-order valence-corrected chi connectivity index (χ0v) is 15.8. The molecule has 5 nitrogen and oxygen atoms in total. The summed E-state index contributed by atoms with van der Waals surface area (Å²) in [5.41, 5.74) is 2.05. The van der Waals surface area contributed by atoms with Gasteiger partial charge in [-0.1, -0.05) is 36.8 Å². The normalized spacial score (nSPS) is 21.6. The molecule has 0 radical (unpaired) electrons. The minimum absolute atomic E-state index is 0.125. The fourth-order valence-corrected chi connectivity index (χ4v) is 4.35. The maximum absolute atomic E-state index is 12.3. The summed E-state index contributed by atoms with van der Waals surface area (Å²) in [7, 11) is 0. The van der Waals surface area contributed by atoms with Gasteiger partial charge in [0.15, 0.2) is 0 Å². The fourth-order valence-electron chi connectivity index (χ4n) is 4.35. The molecule has 1 aromatic heterocycles. The molecule has 0 aliphatic carbocycles. The molecule has 1 aromatic carbocycles.